The number of hydrogen-bond acceptors (Lipinski definition) is 6. The van der Waals surface area contributed by atoms with E-state index in [2.05, 4.69) is 59.4 Å². The number of carbonyl (C=O) groups excluding carboxylic acids is 1. The molecule has 41 heavy (non-hydrogen) atoms. The summed E-state index contributed by atoms with van der Waals surface area (Å²) in [5.74, 6) is 2.10. The summed E-state index contributed by atoms with van der Waals surface area (Å²) in [6.45, 7) is 6.49. The average Bonchev–Trinajstić information content (AvgIpc) is 3.20. The first-order chi connectivity index (χ1) is 19.9. The third-order valence-electron chi connectivity index (χ3n) is 10.3. The molecule has 2 unspecified atom stereocenters. The number of hydrogen-bond donors (Lipinski definition) is 2. The first-order valence-corrected chi connectivity index (χ1v) is 15.9. The van der Waals surface area contributed by atoms with Gasteiger partial charge in [0.15, 0.2) is 6.35 Å². The average molecular weight is 563 g/mol. The van der Waals surface area contributed by atoms with E-state index in [-0.39, 0.29) is 23.4 Å². The quantitative estimate of drug-likeness (QED) is 0.321. The summed E-state index contributed by atoms with van der Waals surface area (Å²) in [5.41, 5.74) is 1.55. The minimum Gasteiger partial charge on any atom is -0.481 e. The van der Waals surface area contributed by atoms with E-state index < -0.39 is 6.35 Å². The number of nitrogens with zero attached hydrogens (tertiary/aromatic N) is 3. The van der Waals surface area contributed by atoms with E-state index in [0.717, 1.165) is 38.8 Å². The Bertz CT molecular complexity index is 1130. The minimum absolute atomic E-state index is 0.103. The first kappa shape index (κ1) is 30.0. The highest BCUT2D eigenvalue weighted by Gasteiger charge is 2.54. The second-order valence-electron chi connectivity index (χ2n) is 13.1. The Labute approximate surface area is 246 Å². The second kappa shape index (κ2) is 13.2. The van der Waals surface area contributed by atoms with Crippen molar-refractivity contribution in [3.8, 4) is 5.88 Å². The van der Waals surface area contributed by atoms with E-state index in [1.165, 1.54) is 50.5 Å². The van der Waals surface area contributed by atoms with E-state index in [1.54, 1.807) is 19.2 Å². The van der Waals surface area contributed by atoms with E-state index in [9.17, 15) is 9.90 Å². The maximum atomic E-state index is 13.1. The van der Waals surface area contributed by atoms with Gasteiger partial charge in [0.25, 0.3) is 0 Å². The Kier molecular flexibility index (Phi) is 9.67. The Hall–Kier alpha value is -2.48. The predicted octanol–water partition coefficient (Wildman–Crippen LogP) is 6.19. The lowest BCUT2D eigenvalue weighted by Gasteiger charge is -2.50. The molecule has 2 aliphatic carbocycles. The number of ether oxygens (including phenoxy) is 1. The number of carbonyl (C=O) groups is 1. The fourth-order valence-electron chi connectivity index (χ4n) is 7.70. The molecule has 1 saturated heterocycles. The highest BCUT2D eigenvalue weighted by atomic mass is 16.5. The molecule has 0 radical (unpaired) electrons. The van der Waals surface area contributed by atoms with Gasteiger partial charge in [-0.25, -0.2) is 0 Å². The molecule has 0 bridgehead atoms. The molecule has 3 fully saturated rings. The summed E-state index contributed by atoms with van der Waals surface area (Å²) >= 11 is 0. The van der Waals surface area contributed by atoms with Gasteiger partial charge in [0.2, 0.25) is 11.8 Å². The van der Waals surface area contributed by atoms with Crippen molar-refractivity contribution in [2.24, 2.45) is 11.8 Å². The number of aromatic nitrogens is 1. The third-order valence-corrected chi connectivity index (χ3v) is 10.3. The van der Waals surface area contributed by atoms with Crippen molar-refractivity contribution in [2.75, 3.05) is 32.1 Å². The van der Waals surface area contributed by atoms with Gasteiger partial charge in [-0.2, -0.15) is 4.98 Å². The van der Waals surface area contributed by atoms with Gasteiger partial charge < -0.3 is 15.2 Å². The van der Waals surface area contributed by atoms with Gasteiger partial charge in [0.1, 0.15) is 5.82 Å². The Morgan fingerprint density at radius 2 is 1.88 bits per heavy atom. The first-order valence-electron chi connectivity index (χ1n) is 15.9. The van der Waals surface area contributed by atoms with E-state index in [4.69, 9.17) is 4.74 Å². The van der Waals surface area contributed by atoms with E-state index >= 15 is 0 Å². The maximum Gasteiger partial charge on any atom is 0.239 e. The molecular formula is C34H50N4O3. The smallest absolute Gasteiger partial charge is 0.239 e. The molecule has 5 rings (SSSR count). The largest absolute Gasteiger partial charge is 0.481 e. The molecule has 1 spiro atoms. The standard InChI is InChI=1S/C34H50N4O3/c1-4-5-11-26(2)22-33(28-14-7-6-8-15-28)18-20-34(21-19-33)25-37(32(40)38(34)23-27-12-9-13-27)24-30(39)35-29-16-10-17-31(36-29)41-3/h6-8,10,14-17,26-27,32,40H,4-5,9,11-13,18-25H2,1-3H3,(H,35,36,39). The van der Waals surface area contributed by atoms with Crippen LogP contribution >= 0.6 is 0 Å². The minimum atomic E-state index is -0.743. The number of methoxy groups -OCH3 is 1. The second-order valence-corrected chi connectivity index (χ2v) is 13.1. The SMILES string of the molecule is CCCCC(C)CC1(c2ccccc2)CCC2(CC1)CN(CC(=O)Nc1cccc(OC)n1)C(O)N2CC1CCC1. The Morgan fingerprint density at radius 1 is 1.12 bits per heavy atom. The van der Waals surface area contributed by atoms with Crippen LogP contribution in [0, 0.1) is 11.8 Å². The van der Waals surface area contributed by atoms with Crippen LogP contribution in [-0.2, 0) is 10.2 Å². The molecule has 1 aromatic carbocycles. The van der Waals surface area contributed by atoms with Crippen molar-refractivity contribution in [1.82, 2.24) is 14.8 Å². The lowest BCUT2D eigenvalue weighted by atomic mass is 9.60. The molecule has 1 aromatic heterocycles. The molecule has 2 heterocycles. The predicted molar refractivity (Wildman–Crippen MR) is 164 cm³/mol. The molecule has 3 aliphatic rings. The van der Waals surface area contributed by atoms with Crippen LogP contribution in [0.2, 0.25) is 0 Å². The highest BCUT2D eigenvalue weighted by molar-refractivity contribution is 5.91. The van der Waals surface area contributed by atoms with Gasteiger partial charge in [0, 0.05) is 24.7 Å². The Balaban J connectivity index is 1.32. The number of unbranched alkanes of at least 4 members (excludes halogenated alkanes) is 1. The zero-order valence-electron chi connectivity index (χ0n) is 25.4. The van der Waals surface area contributed by atoms with Gasteiger partial charge in [0.05, 0.1) is 13.7 Å². The van der Waals surface area contributed by atoms with Crippen molar-refractivity contribution < 1.29 is 14.6 Å². The number of aliphatic hydroxyl groups excluding tert-OH is 1. The summed E-state index contributed by atoms with van der Waals surface area (Å²) in [6.07, 6.45) is 12.4. The van der Waals surface area contributed by atoms with Gasteiger partial charge in [-0.1, -0.05) is 75.9 Å². The zero-order valence-corrected chi connectivity index (χ0v) is 25.4. The lowest BCUT2D eigenvalue weighted by Crippen LogP contribution is -2.55. The molecular weight excluding hydrogens is 512 g/mol. The molecule has 2 aromatic rings. The fraction of sp³-hybridized carbons (Fsp3) is 0.647. The summed E-state index contributed by atoms with van der Waals surface area (Å²) in [7, 11) is 1.56. The summed E-state index contributed by atoms with van der Waals surface area (Å²) in [5, 5.41) is 14.6. The summed E-state index contributed by atoms with van der Waals surface area (Å²) in [4.78, 5) is 21.8. The van der Waals surface area contributed by atoms with Crippen molar-refractivity contribution in [3.63, 3.8) is 0 Å². The maximum absolute atomic E-state index is 13.1. The van der Waals surface area contributed by atoms with Crippen LogP contribution in [0.3, 0.4) is 0 Å². The molecule has 1 amide bonds. The van der Waals surface area contributed by atoms with Crippen LogP contribution in [0.25, 0.3) is 0 Å². The summed E-state index contributed by atoms with van der Waals surface area (Å²) in [6, 6.07) is 16.5. The van der Waals surface area contributed by atoms with E-state index in [1.807, 2.05) is 11.0 Å². The number of anilines is 1. The van der Waals surface area contributed by atoms with Crippen LogP contribution in [0.4, 0.5) is 5.82 Å². The molecule has 1 aliphatic heterocycles. The van der Waals surface area contributed by atoms with Gasteiger partial charge >= 0.3 is 0 Å². The summed E-state index contributed by atoms with van der Waals surface area (Å²) < 4.78 is 5.20. The molecule has 2 saturated carbocycles. The van der Waals surface area contributed by atoms with Crippen LogP contribution in [-0.4, -0.2) is 64.4 Å². The number of nitrogens with one attached hydrogen (secondary N) is 1. The van der Waals surface area contributed by atoms with Gasteiger partial charge in [-0.3, -0.25) is 14.6 Å². The number of amides is 1. The lowest BCUT2D eigenvalue weighted by molar-refractivity contribution is -0.125. The number of rotatable bonds is 12. The molecule has 2 atom stereocenters. The molecule has 7 nitrogen and oxygen atoms in total. The van der Waals surface area contributed by atoms with Gasteiger partial charge in [-0.15, -0.1) is 0 Å². The van der Waals surface area contributed by atoms with Crippen molar-refractivity contribution in [2.45, 2.75) is 102 Å². The molecule has 7 heteroatoms. The van der Waals surface area contributed by atoms with Crippen LogP contribution in [0.15, 0.2) is 48.5 Å². The number of aliphatic hydroxyl groups is 1. The van der Waals surface area contributed by atoms with Crippen LogP contribution in [0.1, 0.15) is 90.0 Å². The normalized spacial score (nSPS) is 28.0. The van der Waals surface area contributed by atoms with E-state index in [0.29, 0.717) is 23.5 Å². The molecule has 2 N–H and O–H groups in total. The third kappa shape index (κ3) is 6.79. The zero-order chi connectivity index (χ0) is 28.9. The van der Waals surface area contributed by atoms with Crippen LogP contribution in [0.5, 0.6) is 5.88 Å². The Morgan fingerprint density at radius 3 is 2.54 bits per heavy atom. The highest BCUT2D eigenvalue weighted by Crippen LogP contribution is 2.52. The van der Waals surface area contributed by atoms with Crippen molar-refractivity contribution in [3.05, 3.63) is 54.1 Å². The molecule has 224 valence electrons. The number of benzene rings is 1. The van der Waals surface area contributed by atoms with Crippen LogP contribution < -0.4 is 10.1 Å². The van der Waals surface area contributed by atoms with Crippen molar-refractivity contribution in [1.29, 1.82) is 0 Å². The van der Waals surface area contributed by atoms with Gasteiger partial charge in [-0.05, 0) is 73.8 Å². The topological polar surface area (TPSA) is 77.9 Å². The monoisotopic (exact) mass is 562 g/mol. The number of pyridine rings is 1. The van der Waals surface area contributed by atoms with Crippen molar-refractivity contribution >= 4 is 11.7 Å². The fourth-order valence-corrected chi connectivity index (χ4v) is 7.70.